The average Bonchev–Trinajstić information content (AvgIpc) is 2.99. The predicted molar refractivity (Wildman–Crippen MR) is 190 cm³/mol. The topological polar surface area (TPSA) is 42.4 Å². The normalized spacial score (nSPS) is 22.8. The summed E-state index contributed by atoms with van der Waals surface area (Å²) in [4.78, 5) is 9.81. The van der Waals surface area contributed by atoms with Gasteiger partial charge in [0.05, 0.1) is 0 Å². The smallest absolute Gasteiger partial charge is 0.127 e. The lowest BCUT2D eigenvalue weighted by molar-refractivity contribution is 0.0549. The molecule has 0 radical (unpaired) electrons. The van der Waals surface area contributed by atoms with Crippen LogP contribution >= 0.6 is 0 Å². The summed E-state index contributed by atoms with van der Waals surface area (Å²) in [6, 6.07) is 0. The zero-order valence-electron chi connectivity index (χ0n) is 30.1. The van der Waals surface area contributed by atoms with Gasteiger partial charge < -0.3 is 19.6 Å². The molecule has 0 amide bonds. The molecule has 0 spiro atoms. The second-order valence-electron chi connectivity index (χ2n) is 14.9. The lowest BCUT2D eigenvalue weighted by atomic mass is 9.84. The summed E-state index contributed by atoms with van der Waals surface area (Å²) in [5, 5.41) is 11.8. The van der Waals surface area contributed by atoms with Crippen molar-refractivity contribution < 1.29 is 9.84 Å². The lowest BCUT2D eigenvalue weighted by Crippen LogP contribution is -2.44. The van der Waals surface area contributed by atoms with Gasteiger partial charge >= 0.3 is 0 Å². The van der Waals surface area contributed by atoms with E-state index in [-0.39, 0.29) is 5.60 Å². The van der Waals surface area contributed by atoms with Crippen molar-refractivity contribution >= 4 is 0 Å². The van der Waals surface area contributed by atoms with Gasteiger partial charge in [-0.2, -0.15) is 0 Å². The van der Waals surface area contributed by atoms with Crippen LogP contribution in [0.2, 0.25) is 0 Å². The predicted octanol–water partition coefficient (Wildman–Crippen LogP) is 7.48. The highest BCUT2D eigenvalue weighted by molar-refractivity contribution is 5.59. The molecular weight excluding hydrogens is 556 g/mol. The van der Waals surface area contributed by atoms with E-state index in [0.29, 0.717) is 5.75 Å². The van der Waals surface area contributed by atoms with Gasteiger partial charge in [0.15, 0.2) is 0 Å². The number of phenols is 1. The lowest BCUT2D eigenvalue weighted by Gasteiger charge is -2.40. The molecule has 2 fully saturated rings. The number of ether oxygens (including phenoxy) is 1. The Hall–Kier alpha value is -2.12. The molecule has 6 nitrogen and oxygen atoms in total. The fourth-order valence-electron chi connectivity index (χ4n) is 7.05. The summed E-state index contributed by atoms with van der Waals surface area (Å²) in [5.74, 6) is 1.58. The first kappa shape index (κ1) is 35.7. The molecule has 3 aliphatic heterocycles. The zero-order valence-corrected chi connectivity index (χ0v) is 30.1. The van der Waals surface area contributed by atoms with Crippen molar-refractivity contribution in [1.29, 1.82) is 0 Å². The van der Waals surface area contributed by atoms with Gasteiger partial charge in [0.1, 0.15) is 17.1 Å². The molecule has 252 valence electrons. The first-order valence-electron chi connectivity index (χ1n) is 17.8. The number of fused-ring (bicyclic) bond motifs is 1. The number of rotatable bonds is 13. The summed E-state index contributed by atoms with van der Waals surface area (Å²) in [6.07, 6.45) is 15.8. The first-order chi connectivity index (χ1) is 21.4. The first-order valence-corrected chi connectivity index (χ1v) is 17.8. The van der Waals surface area contributed by atoms with Crippen LogP contribution in [0.5, 0.6) is 11.5 Å². The van der Waals surface area contributed by atoms with E-state index in [0.717, 1.165) is 139 Å². The number of phenolic OH excluding ortho intramolecular Hbond substituents is 1. The van der Waals surface area contributed by atoms with Crippen LogP contribution in [0.3, 0.4) is 0 Å². The van der Waals surface area contributed by atoms with Crippen molar-refractivity contribution in [1.82, 2.24) is 19.6 Å². The third-order valence-electron chi connectivity index (χ3n) is 10.5. The Morgan fingerprint density at radius 2 is 1.27 bits per heavy atom. The van der Waals surface area contributed by atoms with Crippen LogP contribution in [-0.4, -0.2) is 96.8 Å². The van der Waals surface area contributed by atoms with Crippen LogP contribution in [-0.2, 0) is 19.5 Å². The van der Waals surface area contributed by atoms with Crippen molar-refractivity contribution in [2.75, 3.05) is 66.5 Å². The fourth-order valence-corrected chi connectivity index (χ4v) is 7.05. The van der Waals surface area contributed by atoms with E-state index in [1.54, 1.807) is 0 Å². The van der Waals surface area contributed by atoms with Crippen LogP contribution in [0.4, 0.5) is 0 Å². The molecule has 0 aromatic heterocycles. The quantitative estimate of drug-likeness (QED) is 0.231. The zero-order chi connectivity index (χ0) is 32.6. The molecule has 6 heteroatoms. The van der Waals surface area contributed by atoms with E-state index in [4.69, 9.17) is 4.74 Å². The highest BCUT2D eigenvalue weighted by Crippen LogP contribution is 2.46. The third kappa shape index (κ3) is 10.4. The molecule has 1 unspecified atom stereocenters. The van der Waals surface area contributed by atoms with Gasteiger partial charge in [-0.1, -0.05) is 34.9 Å². The number of nitrogens with zero attached hydrogens (tertiary/aromatic N) is 4. The van der Waals surface area contributed by atoms with Gasteiger partial charge in [0, 0.05) is 82.1 Å². The summed E-state index contributed by atoms with van der Waals surface area (Å²) in [6.45, 7) is 23.5. The van der Waals surface area contributed by atoms with Crippen LogP contribution in [0.25, 0.3) is 0 Å². The Kier molecular flexibility index (Phi) is 13.2. The second kappa shape index (κ2) is 16.6. The molecule has 3 aliphatic rings. The van der Waals surface area contributed by atoms with Crippen molar-refractivity contribution in [2.45, 2.75) is 112 Å². The minimum atomic E-state index is -0.191. The van der Waals surface area contributed by atoms with Gasteiger partial charge in [0.25, 0.3) is 0 Å². The molecule has 1 N–H and O–H groups in total. The van der Waals surface area contributed by atoms with E-state index in [1.165, 1.54) is 22.3 Å². The van der Waals surface area contributed by atoms with Gasteiger partial charge in [0.2, 0.25) is 0 Å². The number of aromatic hydroxyl groups is 1. The monoisotopic (exact) mass is 621 g/mol. The minimum absolute atomic E-state index is 0.191. The third-order valence-corrected chi connectivity index (χ3v) is 10.5. The number of likely N-dealkylation sites (N-methyl/N-ethyl adjacent to an activating group) is 2. The molecule has 1 aromatic rings. The fraction of sp³-hybridized carbons (Fsp3) is 0.692. The highest BCUT2D eigenvalue weighted by atomic mass is 16.5. The molecule has 0 bridgehead atoms. The Bertz CT molecular complexity index is 1210. The van der Waals surface area contributed by atoms with Crippen molar-refractivity contribution in [2.24, 2.45) is 0 Å². The van der Waals surface area contributed by atoms with Crippen molar-refractivity contribution in [3.05, 3.63) is 57.2 Å². The molecule has 2 saturated heterocycles. The molecule has 4 rings (SSSR count). The number of hydrogen-bond donors (Lipinski definition) is 1. The van der Waals surface area contributed by atoms with Crippen LogP contribution in [0.15, 0.2) is 34.9 Å². The largest absolute Gasteiger partial charge is 0.507 e. The van der Waals surface area contributed by atoms with Crippen molar-refractivity contribution in [3.8, 4) is 11.5 Å². The SMILES string of the molecule is CC(C)=CCC/C(C)=C/CC/C(C)=C\CCC1(C)CCc2c(CN3CCN(C)CC3)c(O)c(CN3CCN(C)CC3)c(C)c2O1. The maximum Gasteiger partial charge on any atom is 0.127 e. The molecule has 3 heterocycles. The minimum Gasteiger partial charge on any atom is -0.507 e. The van der Waals surface area contributed by atoms with Crippen LogP contribution < -0.4 is 4.74 Å². The van der Waals surface area contributed by atoms with Gasteiger partial charge in [-0.25, -0.2) is 0 Å². The number of piperazine rings is 2. The van der Waals surface area contributed by atoms with Gasteiger partial charge in [-0.3, -0.25) is 9.80 Å². The van der Waals surface area contributed by atoms with E-state index in [9.17, 15) is 5.11 Å². The number of allylic oxidation sites excluding steroid dienone is 6. The molecular formula is C39H64N4O2. The van der Waals surface area contributed by atoms with Gasteiger partial charge in [-0.15, -0.1) is 0 Å². The molecule has 1 atom stereocenters. The molecule has 1 aromatic carbocycles. The maximum atomic E-state index is 11.8. The summed E-state index contributed by atoms with van der Waals surface area (Å²) in [5.41, 5.74) is 8.79. The van der Waals surface area contributed by atoms with Crippen molar-refractivity contribution in [3.63, 3.8) is 0 Å². The number of benzene rings is 1. The van der Waals surface area contributed by atoms with E-state index < -0.39 is 0 Å². The summed E-state index contributed by atoms with van der Waals surface area (Å²) in [7, 11) is 4.40. The van der Waals surface area contributed by atoms with Crippen LogP contribution in [0.1, 0.15) is 102 Å². The Morgan fingerprint density at radius 3 is 1.82 bits per heavy atom. The Morgan fingerprint density at radius 1 is 0.756 bits per heavy atom. The van der Waals surface area contributed by atoms with Crippen LogP contribution in [0, 0.1) is 6.92 Å². The second-order valence-corrected chi connectivity index (χ2v) is 14.9. The van der Waals surface area contributed by atoms with E-state index >= 15 is 0 Å². The molecule has 0 saturated carbocycles. The Labute approximate surface area is 275 Å². The standard InChI is InChI=1S/C39H64N4O2/c1-30(2)12-9-13-31(3)14-10-15-32(4)16-11-18-39(6)19-17-34-36(29-43-26-22-41(8)23-27-43)37(44)35(33(5)38(34)45-39)28-42-24-20-40(7)21-25-42/h12,14,16,44H,9-11,13,15,17-29H2,1-8H3/b31-14+,32-16-. The summed E-state index contributed by atoms with van der Waals surface area (Å²) >= 11 is 0. The average molecular weight is 621 g/mol. The van der Waals surface area contributed by atoms with Gasteiger partial charge in [-0.05, 0) is 113 Å². The maximum absolute atomic E-state index is 11.8. The van der Waals surface area contributed by atoms with E-state index in [1.807, 2.05) is 0 Å². The summed E-state index contributed by atoms with van der Waals surface area (Å²) < 4.78 is 7.04. The highest BCUT2D eigenvalue weighted by Gasteiger charge is 2.36. The number of hydrogen-bond acceptors (Lipinski definition) is 6. The Balaban J connectivity index is 1.45. The molecule has 45 heavy (non-hydrogen) atoms. The van der Waals surface area contributed by atoms with E-state index in [2.05, 4.69) is 93.5 Å². The molecule has 0 aliphatic carbocycles.